The van der Waals surface area contributed by atoms with Crippen LogP contribution in [0.3, 0.4) is 0 Å². The van der Waals surface area contributed by atoms with Gasteiger partial charge in [-0.15, -0.1) is 0 Å². The van der Waals surface area contributed by atoms with Crippen molar-refractivity contribution in [1.29, 1.82) is 0 Å². The predicted octanol–water partition coefficient (Wildman–Crippen LogP) is 3.64. The summed E-state index contributed by atoms with van der Waals surface area (Å²) in [5.41, 5.74) is 2.92. The van der Waals surface area contributed by atoms with Crippen LogP contribution in [0.1, 0.15) is 36.1 Å². The Bertz CT molecular complexity index is 565. The molecule has 0 aliphatic carbocycles. The van der Waals surface area contributed by atoms with Crippen molar-refractivity contribution < 1.29 is 0 Å². The van der Waals surface area contributed by atoms with Gasteiger partial charge in [0.25, 0.3) is 0 Å². The summed E-state index contributed by atoms with van der Waals surface area (Å²) in [6.07, 6.45) is 6.07. The molecule has 0 radical (unpaired) electrons. The van der Waals surface area contributed by atoms with Crippen LogP contribution < -0.4 is 4.90 Å². The van der Waals surface area contributed by atoms with E-state index in [4.69, 9.17) is 0 Å². The van der Waals surface area contributed by atoms with Crippen LogP contribution in [0.2, 0.25) is 0 Å². The van der Waals surface area contributed by atoms with Crippen molar-refractivity contribution in [3.05, 3.63) is 52.3 Å². The normalized spacial score (nSPS) is 24.4. The second kappa shape index (κ2) is 3.79. The number of rotatable bonds is 1. The second-order valence-corrected chi connectivity index (χ2v) is 5.76. The highest BCUT2D eigenvalue weighted by Crippen LogP contribution is 2.53. The fraction of sp³-hybridized carbons (Fsp3) is 0.286. The van der Waals surface area contributed by atoms with Gasteiger partial charge in [0, 0.05) is 12.4 Å². The third-order valence-electron chi connectivity index (χ3n) is 3.94. The summed E-state index contributed by atoms with van der Waals surface area (Å²) in [5.74, 6) is 0.849. The van der Waals surface area contributed by atoms with Crippen LogP contribution in [0.15, 0.2) is 41.1 Å². The topological polar surface area (TPSA) is 29.0 Å². The van der Waals surface area contributed by atoms with Gasteiger partial charge in [-0.05, 0) is 39.9 Å². The quantitative estimate of drug-likeness (QED) is 0.805. The third kappa shape index (κ3) is 1.35. The molecule has 0 saturated carbocycles. The average Bonchev–Trinajstić information content (AvgIpc) is 2.97. The lowest BCUT2D eigenvalue weighted by atomic mass is 9.92. The molecule has 3 nitrogen and oxygen atoms in total. The third-order valence-corrected chi connectivity index (χ3v) is 4.35. The second-order valence-electron chi connectivity index (χ2n) is 4.85. The van der Waals surface area contributed by atoms with Crippen LogP contribution in [0, 0.1) is 0 Å². The lowest BCUT2D eigenvalue weighted by molar-refractivity contribution is 0.715. The van der Waals surface area contributed by atoms with E-state index >= 15 is 0 Å². The molecule has 4 rings (SSSR count). The van der Waals surface area contributed by atoms with Crippen LogP contribution >= 0.6 is 15.9 Å². The SMILES string of the molecule is Brc1cnc(N2C3CCC2c2ccccc23)nc1. The minimum absolute atomic E-state index is 0.465. The molecule has 2 aliphatic heterocycles. The fourth-order valence-corrected chi connectivity index (χ4v) is 3.46. The Morgan fingerprint density at radius 3 is 2.11 bits per heavy atom. The molecule has 1 aromatic heterocycles. The number of hydrogen-bond acceptors (Lipinski definition) is 3. The molecule has 4 heteroatoms. The minimum Gasteiger partial charge on any atom is -0.327 e. The first-order chi connectivity index (χ1) is 8.84. The van der Waals surface area contributed by atoms with Crippen LogP contribution in [0.25, 0.3) is 0 Å². The zero-order chi connectivity index (χ0) is 12.1. The Kier molecular flexibility index (Phi) is 2.21. The molecule has 2 atom stereocenters. The predicted molar refractivity (Wildman–Crippen MR) is 73.4 cm³/mol. The standard InChI is InChI=1S/C14H12BrN3/c15-9-7-16-14(17-8-9)18-12-5-6-13(18)11-4-2-1-3-10(11)12/h1-4,7-8,12-13H,5-6H2. The molecule has 3 heterocycles. The van der Waals surface area contributed by atoms with Gasteiger partial charge in [0.05, 0.1) is 16.6 Å². The molecule has 2 unspecified atom stereocenters. The summed E-state index contributed by atoms with van der Waals surface area (Å²) in [6, 6.07) is 9.66. The van der Waals surface area contributed by atoms with Crippen LogP contribution in [-0.2, 0) is 0 Å². The van der Waals surface area contributed by atoms with Crippen LogP contribution in [-0.4, -0.2) is 9.97 Å². The summed E-state index contributed by atoms with van der Waals surface area (Å²) < 4.78 is 0.926. The number of anilines is 1. The Morgan fingerprint density at radius 2 is 1.56 bits per heavy atom. The largest absolute Gasteiger partial charge is 0.327 e. The molecule has 2 aliphatic rings. The molecule has 1 aromatic carbocycles. The van der Waals surface area contributed by atoms with Gasteiger partial charge in [0.2, 0.25) is 5.95 Å². The molecule has 1 fully saturated rings. The summed E-state index contributed by atoms with van der Waals surface area (Å²) >= 11 is 3.38. The minimum atomic E-state index is 0.465. The summed E-state index contributed by atoms with van der Waals surface area (Å²) in [6.45, 7) is 0. The van der Waals surface area contributed by atoms with E-state index < -0.39 is 0 Å². The van der Waals surface area contributed by atoms with Gasteiger partial charge in [-0.3, -0.25) is 0 Å². The first-order valence-corrected chi connectivity index (χ1v) is 6.98. The average molecular weight is 302 g/mol. The lowest BCUT2D eigenvalue weighted by Crippen LogP contribution is -2.20. The van der Waals surface area contributed by atoms with Crippen molar-refractivity contribution in [1.82, 2.24) is 9.97 Å². The molecular formula is C14H12BrN3. The molecule has 90 valence electrons. The maximum atomic E-state index is 4.45. The van der Waals surface area contributed by atoms with E-state index in [0.29, 0.717) is 12.1 Å². The molecule has 2 bridgehead atoms. The van der Waals surface area contributed by atoms with Gasteiger partial charge in [0.15, 0.2) is 0 Å². The number of benzene rings is 1. The number of aromatic nitrogens is 2. The van der Waals surface area contributed by atoms with Gasteiger partial charge in [-0.2, -0.15) is 0 Å². The van der Waals surface area contributed by atoms with E-state index in [1.165, 1.54) is 24.0 Å². The van der Waals surface area contributed by atoms with Crippen molar-refractivity contribution in [2.75, 3.05) is 4.90 Å². The highest BCUT2D eigenvalue weighted by Gasteiger charge is 2.44. The summed E-state index contributed by atoms with van der Waals surface area (Å²) in [5, 5.41) is 0. The summed E-state index contributed by atoms with van der Waals surface area (Å²) in [7, 11) is 0. The van der Waals surface area contributed by atoms with E-state index in [1.807, 2.05) is 12.4 Å². The van der Waals surface area contributed by atoms with E-state index in [-0.39, 0.29) is 0 Å². The Labute approximate surface area is 114 Å². The molecular weight excluding hydrogens is 290 g/mol. The number of hydrogen-bond donors (Lipinski definition) is 0. The van der Waals surface area contributed by atoms with E-state index in [0.717, 1.165) is 10.4 Å². The number of fused-ring (bicyclic) bond motifs is 5. The zero-order valence-corrected chi connectivity index (χ0v) is 11.3. The van der Waals surface area contributed by atoms with E-state index in [2.05, 4.69) is 55.1 Å². The molecule has 18 heavy (non-hydrogen) atoms. The number of halogens is 1. The van der Waals surface area contributed by atoms with Gasteiger partial charge in [-0.1, -0.05) is 24.3 Å². The number of nitrogens with zero attached hydrogens (tertiary/aromatic N) is 3. The summed E-state index contributed by atoms with van der Waals surface area (Å²) in [4.78, 5) is 11.3. The van der Waals surface area contributed by atoms with Crippen LogP contribution in [0.4, 0.5) is 5.95 Å². The first-order valence-electron chi connectivity index (χ1n) is 6.19. The Morgan fingerprint density at radius 1 is 1.00 bits per heavy atom. The van der Waals surface area contributed by atoms with Crippen molar-refractivity contribution in [2.45, 2.75) is 24.9 Å². The van der Waals surface area contributed by atoms with Gasteiger partial charge in [-0.25, -0.2) is 9.97 Å². The van der Waals surface area contributed by atoms with Gasteiger partial charge < -0.3 is 4.90 Å². The van der Waals surface area contributed by atoms with Crippen molar-refractivity contribution >= 4 is 21.9 Å². The Hall–Kier alpha value is -1.42. The highest BCUT2D eigenvalue weighted by atomic mass is 79.9. The monoisotopic (exact) mass is 301 g/mol. The molecule has 0 N–H and O–H groups in total. The van der Waals surface area contributed by atoms with Crippen molar-refractivity contribution in [3.8, 4) is 0 Å². The molecule has 0 amide bonds. The maximum absolute atomic E-state index is 4.45. The zero-order valence-electron chi connectivity index (χ0n) is 9.75. The maximum Gasteiger partial charge on any atom is 0.226 e. The smallest absolute Gasteiger partial charge is 0.226 e. The van der Waals surface area contributed by atoms with Crippen molar-refractivity contribution in [3.63, 3.8) is 0 Å². The molecule has 2 aromatic rings. The van der Waals surface area contributed by atoms with Gasteiger partial charge >= 0.3 is 0 Å². The molecule has 0 spiro atoms. The molecule has 1 saturated heterocycles. The van der Waals surface area contributed by atoms with E-state index in [9.17, 15) is 0 Å². The van der Waals surface area contributed by atoms with Crippen molar-refractivity contribution in [2.24, 2.45) is 0 Å². The highest BCUT2D eigenvalue weighted by molar-refractivity contribution is 9.10. The van der Waals surface area contributed by atoms with E-state index in [1.54, 1.807) is 0 Å². The van der Waals surface area contributed by atoms with Crippen LogP contribution in [0.5, 0.6) is 0 Å². The first kappa shape index (κ1) is 10.5. The lowest BCUT2D eigenvalue weighted by Gasteiger charge is -2.22. The fourth-order valence-electron chi connectivity index (χ4n) is 3.26. The van der Waals surface area contributed by atoms with Gasteiger partial charge in [0.1, 0.15) is 0 Å². The Balaban J connectivity index is 1.80.